The number of quaternary nitrogens is 1. The third-order valence-corrected chi connectivity index (χ3v) is 3.90. The number of para-hydroxylation sites is 1. The molecule has 0 unspecified atom stereocenters. The summed E-state index contributed by atoms with van der Waals surface area (Å²) in [6.07, 6.45) is 2.65. The minimum atomic E-state index is -0.320. The lowest BCUT2D eigenvalue weighted by atomic mass is 9.99. The van der Waals surface area contributed by atoms with Gasteiger partial charge >= 0.3 is 0 Å². The molecular formula is C16H25FNO2+. The molecule has 0 saturated carbocycles. The number of likely N-dealkylation sites (tertiary alicyclic amines) is 1. The van der Waals surface area contributed by atoms with Crippen LogP contribution in [0.25, 0.3) is 0 Å². The first kappa shape index (κ1) is 15.3. The summed E-state index contributed by atoms with van der Waals surface area (Å²) in [5, 5.41) is 0. The molecule has 20 heavy (non-hydrogen) atoms. The molecule has 1 aliphatic rings. The summed E-state index contributed by atoms with van der Waals surface area (Å²) in [5.74, 6) is 0.861. The summed E-state index contributed by atoms with van der Waals surface area (Å²) in [7, 11) is 0. The van der Waals surface area contributed by atoms with E-state index in [2.05, 4.69) is 6.92 Å². The normalized spacial score (nSPS) is 22.7. The van der Waals surface area contributed by atoms with Gasteiger partial charge in [0.05, 0.1) is 26.3 Å². The fraction of sp³-hybridized carbons (Fsp3) is 0.625. The number of hydrogen-bond acceptors (Lipinski definition) is 2. The van der Waals surface area contributed by atoms with Gasteiger partial charge in [-0.15, -0.1) is 0 Å². The van der Waals surface area contributed by atoms with Crippen molar-refractivity contribution in [3.8, 4) is 5.75 Å². The average molecular weight is 282 g/mol. The molecule has 112 valence electrons. The standard InChI is InChI=1S/C16H24FNO2/c1-14-6-8-18(9-7-14)10-11-19-12-13-20-16-5-3-2-4-15(16)17/h2-5,14H,6-13H2,1H3/p+1. The third kappa shape index (κ3) is 5.10. The number of halogens is 1. The van der Waals surface area contributed by atoms with Gasteiger partial charge in [-0.1, -0.05) is 19.1 Å². The van der Waals surface area contributed by atoms with Crippen LogP contribution in [0.15, 0.2) is 24.3 Å². The Bertz CT molecular complexity index is 392. The summed E-state index contributed by atoms with van der Waals surface area (Å²) in [5.41, 5.74) is 0. The topological polar surface area (TPSA) is 22.9 Å². The van der Waals surface area contributed by atoms with Crippen molar-refractivity contribution in [2.45, 2.75) is 19.8 Å². The molecule has 0 aromatic heterocycles. The van der Waals surface area contributed by atoms with Gasteiger partial charge in [0.1, 0.15) is 13.2 Å². The highest BCUT2D eigenvalue weighted by Gasteiger charge is 2.18. The minimum absolute atomic E-state index is 0.298. The van der Waals surface area contributed by atoms with Gasteiger partial charge < -0.3 is 14.4 Å². The highest BCUT2D eigenvalue weighted by Crippen LogP contribution is 2.14. The predicted octanol–water partition coefficient (Wildman–Crippen LogP) is 1.54. The Labute approximate surface area is 120 Å². The zero-order valence-corrected chi connectivity index (χ0v) is 12.2. The Balaban J connectivity index is 1.51. The van der Waals surface area contributed by atoms with Crippen LogP contribution in [0.3, 0.4) is 0 Å². The molecular weight excluding hydrogens is 257 g/mol. The van der Waals surface area contributed by atoms with E-state index in [0.29, 0.717) is 19.0 Å². The number of benzene rings is 1. The van der Waals surface area contributed by atoms with E-state index >= 15 is 0 Å². The molecule has 1 saturated heterocycles. The van der Waals surface area contributed by atoms with Gasteiger partial charge in [0.2, 0.25) is 0 Å². The number of piperidine rings is 1. The maximum Gasteiger partial charge on any atom is 0.165 e. The molecule has 1 aliphatic heterocycles. The summed E-state index contributed by atoms with van der Waals surface area (Å²) in [6.45, 7) is 7.57. The molecule has 0 radical (unpaired) electrons. The van der Waals surface area contributed by atoms with E-state index < -0.39 is 0 Å². The largest absolute Gasteiger partial charge is 0.488 e. The number of nitrogens with one attached hydrogen (secondary N) is 1. The van der Waals surface area contributed by atoms with Crippen molar-refractivity contribution in [2.24, 2.45) is 5.92 Å². The molecule has 2 rings (SSSR count). The van der Waals surface area contributed by atoms with Gasteiger partial charge in [-0.05, 0) is 30.9 Å². The summed E-state index contributed by atoms with van der Waals surface area (Å²) < 4.78 is 24.2. The third-order valence-electron chi connectivity index (χ3n) is 3.90. The lowest BCUT2D eigenvalue weighted by Crippen LogP contribution is -3.13. The van der Waals surface area contributed by atoms with Crippen molar-refractivity contribution in [1.82, 2.24) is 0 Å². The highest BCUT2D eigenvalue weighted by molar-refractivity contribution is 5.23. The first-order valence-corrected chi connectivity index (χ1v) is 7.54. The van der Waals surface area contributed by atoms with Crippen molar-refractivity contribution in [3.05, 3.63) is 30.1 Å². The zero-order chi connectivity index (χ0) is 14.2. The predicted molar refractivity (Wildman–Crippen MR) is 76.7 cm³/mol. The smallest absolute Gasteiger partial charge is 0.165 e. The van der Waals surface area contributed by atoms with Gasteiger partial charge in [0.25, 0.3) is 0 Å². The van der Waals surface area contributed by atoms with E-state index in [4.69, 9.17) is 9.47 Å². The Morgan fingerprint density at radius 3 is 2.65 bits per heavy atom. The van der Waals surface area contributed by atoms with Gasteiger partial charge in [-0.25, -0.2) is 4.39 Å². The fourth-order valence-electron chi connectivity index (χ4n) is 2.51. The molecule has 0 atom stereocenters. The van der Waals surface area contributed by atoms with E-state index in [1.165, 1.54) is 32.0 Å². The van der Waals surface area contributed by atoms with Crippen molar-refractivity contribution in [1.29, 1.82) is 0 Å². The van der Waals surface area contributed by atoms with Gasteiger partial charge in [-0.3, -0.25) is 0 Å². The van der Waals surface area contributed by atoms with Crippen molar-refractivity contribution in [2.75, 3.05) is 39.5 Å². The molecule has 3 nitrogen and oxygen atoms in total. The van der Waals surface area contributed by atoms with E-state index in [0.717, 1.165) is 19.1 Å². The Morgan fingerprint density at radius 1 is 1.15 bits per heavy atom. The Hall–Kier alpha value is -1.13. The molecule has 1 aromatic carbocycles. The van der Waals surface area contributed by atoms with Crippen LogP contribution in [0.5, 0.6) is 5.75 Å². The lowest BCUT2D eigenvalue weighted by Gasteiger charge is -2.27. The SMILES string of the molecule is CC1CC[NH+](CCOCCOc2ccccc2F)CC1. The molecule has 0 aliphatic carbocycles. The van der Waals surface area contributed by atoms with Crippen LogP contribution in [0.4, 0.5) is 4.39 Å². The highest BCUT2D eigenvalue weighted by atomic mass is 19.1. The number of hydrogen-bond donors (Lipinski definition) is 1. The van der Waals surface area contributed by atoms with Crippen LogP contribution in [0, 0.1) is 11.7 Å². The second-order valence-electron chi connectivity index (χ2n) is 5.57. The van der Waals surface area contributed by atoms with E-state index in [1.54, 1.807) is 23.1 Å². The summed E-state index contributed by atoms with van der Waals surface area (Å²) in [6, 6.07) is 6.45. The molecule has 1 N–H and O–H groups in total. The first-order valence-electron chi connectivity index (χ1n) is 7.54. The molecule has 0 bridgehead atoms. The van der Waals surface area contributed by atoms with Crippen molar-refractivity contribution < 1.29 is 18.8 Å². The molecule has 0 amide bonds. The fourth-order valence-corrected chi connectivity index (χ4v) is 2.51. The van der Waals surface area contributed by atoms with Crippen LogP contribution in [-0.4, -0.2) is 39.5 Å². The van der Waals surface area contributed by atoms with E-state index in [-0.39, 0.29) is 5.82 Å². The van der Waals surface area contributed by atoms with Crippen LogP contribution in [-0.2, 0) is 4.74 Å². The molecule has 4 heteroatoms. The minimum Gasteiger partial charge on any atom is -0.488 e. The second-order valence-corrected chi connectivity index (χ2v) is 5.57. The molecule has 1 fully saturated rings. The van der Waals surface area contributed by atoms with Crippen LogP contribution >= 0.6 is 0 Å². The maximum atomic E-state index is 13.3. The quantitative estimate of drug-likeness (QED) is 0.767. The summed E-state index contributed by atoms with van der Waals surface area (Å²) >= 11 is 0. The van der Waals surface area contributed by atoms with Crippen LogP contribution in [0.1, 0.15) is 19.8 Å². The number of rotatable bonds is 7. The van der Waals surface area contributed by atoms with Crippen LogP contribution in [0.2, 0.25) is 0 Å². The number of ether oxygens (including phenoxy) is 2. The molecule has 1 aromatic rings. The van der Waals surface area contributed by atoms with Gasteiger partial charge in [-0.2, -0.15) is 0 Å². The van der Waals surface area contributed by atoms with E-state index in [9.17, 15) is 4.39 Å². The zero-order valence-electron chi connectivity index (χ0n) is 12.2. The lowest BCUT2D eigenvalue weighted by molar-refractivity contribution is -0.906. The van der Waals surface area contributed by atoms with Gasteiger partial charge in [0, 0.05) is 0 Å². The second kappa shape index (κ2) is 8.22. The first-order chi connectivity index (χ1) is 9.75. The van der Waals surface area contributed by atoms with Gasteiger partial charge in [0.15, 0.2) is 11.6 Å². The Morgan fingerprint density at radius 2 is 1.90 bits per heavy atom. The monoisotopic (exact) mass is 282 g/mol. The maximum absolute atomic E-state index is 13.3. The van der Waals surface area contributed by atoms with E-state index in [1.807, 2.05) is 0 Å². The summed E-state index contributed by atoms with van der Waals surface area (Å²) in [4.78, 5) is 1.64. The van der Waals surface area contributed by atoms with Crippen molar-refractivity contribution >= 4 is 0 Å². The molecule has 0 spiro atoms. The van der Waals surface area contributed by atoms with Crippen LogP contribution < -0.4 is 9.64 Å². The molecule has 1 heterocycles. The van der Waals surface area contributed by atoms with Crippen molar-refractivity contribution in [3.63, 3.8) is 0 Å². The average Bonchev–Trinajstić information content (AvgIpc) is 2.46. The Kier molecular flexibility index (Phi) is 6.27.